The second kappa shape index (κ2) is 14.9. The van der Waals surface area contributed by atoms with Gasteiger partial charge in [-0.15, -0.1) is 24.0 Å². The molecule has 0 radical (unpaired) electrons. The Bertz CT molecular complexity index is 734. The van der Waals surface area contributed by atoms with E-state index >= 15 is 0 Å². The minimum absolute atomic E-state index is 0. The molecular formula is C23H35IN4O2. The van der Waals surface area contributed by atoms with Crippen LogP contribution in [0.3, 0.4) is 0 Å². The molecule has 0 saturated carbocycles. The zero-order chi connectivity index (χ0) is 20.9. The van der Waals surface area contributed by atoms with Crippen LogP contribution in [-0.2, 0) is 13.1 Å². The van der Waals surface area contributed by atoms with Gasteiger partial charge in [0.2, 0.25) is 0 Å². The number of hydrogen-bond donors (Lipinski definition) is 2. The predicted octanol–water partition coefficient (Wildman–Crippen LogP) is 3.90. The van der Waals surface area contributed by atoms with Crippen molar-refractivity contribution >= 4 is 29.9 Å². The van der Waals surface area contributed by atoms with Crippen molar-refractivity contribution in [3.63, 3.8) is 0 Å². The predicted molar refractivity (Wildman–Crippen MR) is 135 cm³/mol. The number of aliphatic imine (C=N–C) groups is 1. The van der Waals surface area contributed by atoms with Crippen molar-refractivity contribution in [2.75, 3.05) is 40.9 Å². The lowest BCUT2D eigenvalue weighted by Crippen LogP contribution is -2.36. The van der Waals surface area contributed by atoms with Crippen molar-refractivity contribution in [1.29, 1.82) is 0 Å². The molecule has 0 unspecified atom stereocenters. The highest BCUT2D eigenvalue weighted by molar-refractivity contribution is 14.0. The van der Waals surface area contributed by atoms with Gasteiger partial charge in [0.15, 0.2) is 5.96 Å². The first-order chi connectivity index (χ1) is 14.1. The van der Waals surface area contributed by atoms with Gasteiger partial charge in [-0.2, -0.15) is 0 Å². The van der Waals surface area contributed by atoms with Crippen LogP contribution in [-0.4, -0.2) is 51.8 Å². The van der Waals surface area contributed by atoms with E-state index in [0.29, 0.717) is 13.1 Å². The van der Waals surface area contributed by atoms with Crippen LogP contribution < -0.4 is 20.1 Å². The van der Waals surface area contributed by atoms with E-state index in [0.717, 1.165) is 49.1 Å². The van der Waals surface area contributed by atoms with Gasteiger partial charge in [-0.25, -0.2) is 4.99 Å². The lowest BCUT2D eigenvalue weighted by molar-refractivity contribution is 0.281. The third kappa shape index (κ3) is 10.2. The molecule has 0 amide bonds. The van der Waals surface area contributed by atoms with Gasteiger partial charge in [0.1, 0.15) is 11.5 Å². The van der Waals surface area contributed by atoms with Crippen LogP contribution in [0.15, 0.2) is 53.5 Å². The maximum absolute atomic E-state index is 5.79. The van der Waals surface area contributed by atoms with Gasteiger partial charge in [-0.3, -0.25) is 0 Å². The van der Waals surface area contributed by atoms with Crippen molar-refractivity contribution in [2.24, 2.45) is 4.99 Å². The third-order valence-corrected chi connectivity index (χ3v) is 4.32. The Labute approximate surface area is 198 Å². The van der Waals surface area contributed by atoms with Crippen molar-refractivity contribution < 1.29 is 9.47 Å². The van der Waals surface area contributed by atoms with Gasteiger partial charge in [0, 0.05) is 19.6 Å². The summed E-state index contributed by atoms with van der Waals surface area (Å²) in [5.74, 6) is 2.56. The number of guanidine groups is 1. The van der Waals surface area contributed by atoms with Crippen LogP contribution in [0.4, 0.5) is 0 Å². The van der Waals surface area contributed by atoms with Crippen LogP contribution in [0.1, 0.15) is 24.5 Å². The minimum Gasteiger partial charge on any atom is -0.497 e. The molecule has 166 valence electrons. The van der Waals surface area contributed by atoms with Gasteiger partial charge in [-0.1, -0.05) is 24.3 Å². The van der Waals surface area contributed by atoms with E-state index in [2.05, 4.69) is 53.7 Å². The van der Waals surface area contributed by atoms with Crippen LogP contribution in [0, 0.1) is 0 Å². The number of nitrogens with zero attached hydrogens (tertiary/aromatic N) is 2. The molecule has 0 bridgehead atoms. The normalized spacial score (nSPS) is 11.0. The Kier molecular flexibility index (Phi) is 12.9. The molecule has 0 spiro atoms. The van der Waals surface area contributed by atoms with Crippen molar-refractivity contribution in [3.05, 3.63) is 59.7 Å². The van der Waals surface area contributed by atoms with Crippen molar-refractivity contribution in [3.8, 4) is 11.5 Å². The number of hydrogen-bond acceptors (Lipinski definition) is 4. The standard InChI is InChI=1S/C23H34N4O2.HI/c1-5-24-23(25-17-19-7-11-21(28-4)12-8-19)26-18-20-9-13-22(14-10-20)29-16-6-15-27(2)3;/h7-14H,5-6,15-18H2,1-4H3,(H2,24,25,26);1H. The number of halogens is 1. The Hall–Kier alpha value is -2.00. The second-order valence-electron chi connectivity index (χ2n) is 7.05. The average molecular weight is 526 g/mol. The van der Waals surface area contributed by atoms with E-state index in [1.165, 1.54) is 5.56 Å². The monoisotopic (exact) mass is 526 g/mol. The summed E-state index contributed by atoms with van der Waals surface area (Å²) >= 11 is 0. The third-order valence-electron chi connectivity index (χ3n) is 4.32. The molecule has 0 atom stereocenters. The molecule has 0 heterocycles. The molecule has 0 saturated heterocycles. The first-order valence-electron chi connectivity index (χ1n) is 10.1. The molecular weight excluding hydrogens is 491 g/mol. The Balaban J connectivity index is 0.00000450. The summed E-state index contributed by atoms with van der Waals surface area (Å²) in [6, 6.07) is 16.2. The van der Waals surface area contributed by atoms with Gasteiger partial charge in [0.25, 0.3) is 0 Å². The van der Waals surface area contributed by atoms with Crippen LogP contribution in [0.5, 0.6) is 11.5 Å². The molecule has 0 aliphatic carbocycles. The summed E-state index contributed by atoms with van der Waals surface area (Å²) in [4.78, 5) is 6.82. The molecule has 2 aromatic carbocycles. The summed E-state index contributed by atoms with van der Waals surface area (Å²) in [5, 5.41) is 6.67. The van der Waals surface area contributed by atoms with E-state index in [-0.39, 0.29) is 24.0 Å². The Morgan fingerprint density at radius 3 is 2.17 bits per heavy atom. The Morgan fingerprint density at radius 1 is 0.933 bits per heavy atom. The van der Waals surface area contributed by atoms with Gasteiger partial charge < -0.3 is 25.0 Å². The maximum atomic E-state index is 5.79. The van der Waals surface area contributed by atoms with Crippen LogP contribution in [0.2, 0.25) is 0 Å². The molecule has 30 heavy (non-hydrogen) atoms. The van der Waals surface area contributed by atoms with E-state index in [9.17, 15) is 0 Å². The fourth-order valence-corrected chi connectivity index (χ4v) is 2.70. The highest BCUT2D eigenvalue weighted by atomic mass is 127. The fraction of sp³-hybridized carbons (Fsp3) is 0.435. The molecule has 0 aliphatic rings. The number of ether oxygens (including phenoxy) is 2. The molecule has 0 aliphatic heterocycles. The lowest BCUT2D eigenvalue weighted by Gasteiger charge is -2.13. The summed E-state index contributed by atoms with van der Waals surface area (Å²) < 4.78 is 11.0. The SMILES string of the molecule is CCNC(=NCc1ccc(OC)cc1)NCc1ccc(OCCCN(C)C)cc1.I. The van der Waals surface area contributed by atoms with Crippen LogP contribution in [0.25, 0.3) is 0 Å². The van der Waals surface area contributed by atoms with E-state index in [1.54, 1.807) is 7.11 Å². The average Bonchev–Trinajstić information content (AvgIpc) is 2.74. The second-order valence-corrected chi connectivity index (χ2v) is 7.05. The van der Waals surface area contributed by atoms with E-state index in [1.807, 2.05) is 36.4 Å². The highest BCUT2D eigenvalue weighted by Crippen LogP contribution is 2.13. The summed E-state index contributed by atoms with van der Waals surface area (Å²) in [6.45, 7) is 5.96. The smallest absolute Gasteiger partial charge is 0.191 e. The van der Waals surface area contributed by atoms with Crippen molar-refractivity contribution in [1.82, 2.24) is 15.5 Å². The zero-order valence-corrected chi connectivity index (χ0v) is 20.8. The number of nitrogens with one attached hydrogen (secondary N) is 2. The zero-order valence-electron chi connectivity index (χ0n) is 18.5. The van der Waals surface area contributed by atoms with Crippen molar-refractivity contribution in [2.45, 2.75) is 26.4 Å². The van der Waals surface area contributed by atoms with E-state index < -0.39 is 0 Å². The first kappa shape index (κ1) is 26.0. The minimum atomic E-state index is 0. The Morgan fingerprint density at radius 2 is 1.57 bits per heavy atom. The lowest BCUT2D eigenvalue weighted by atomic mass is 10.2. The van der Waals surface area contributed by atoms with Gasteiger partial charge in [-0.05, 0) is 62.8 Å². The fourth-order valence-electron chi connectivity index (χ4n) is 2.70. The van der Waals surface area contributed by atoms with Crippen LogP contribution >= 0.6 is 24.0 Å². The molecule has 6 nitrogen and oxygen atoms in total. The van der Waals surface area contributed by atoms with Gasteiger partial charge >= 0.3 is 0 Å². The first-order valence-corrected chi connectivity index (χ1v) is 10.1. The maximum Gasteiger partial charge on any atom is 0.191 e. The summed E-state index contributed by atoms with van der Waals surface area (Å²) in [5.41, 5.74) is 2.32. The molecule has 0 aromatic heterocycles. The van der Waals surface area contributed by atoms with E-state index in [4.69, 9.17) is 9.47 Å². The molecule has 0 fully saturated rings. The topological polar surface area (TPSA) is 58.1 Å². The molecule has 2 N–H and O–H groups in total. The summed E-state index contributed by atoms with van der Waals surface area (Å²) in [7, 11) is 5.82. The number of benzene rings is 2. The highest BCUT2D eigenvalue weighted by Gasteiger charge is 2.01. The molecule has 2 aromatic rings. The molecule has 7 heteroatoms. The number of methoxy groups -OCH3 is 1. The largest absolute Gasteiger partial charge is 0.497 e. The summed E-state index contributed by atoms with van der Waals surface area (Å²) in [6.07, 6.45) is 1.02. The van der Waals surface area contributed by atoms with Gasteiger partial charge in [0.05, 0.1) is 20.3 Å². The number of rotatable bonds is 11. The molecule has 2 rings (SSSR count). The quantitative estimate of drug-likeness (QED) is 0.201.